The van der Waals surface area contributed by atoms with Gasteiger partial charge in [-0.05, 0) is 38.3 Å². The predicted molar refractivity (Wildman–Crippen MR) is 52.5 cm³/mol. The zero-order chi connectivity index (χ0) is 8.93. The van der Waals surface area contributed by atoms with E-state index in [0.29, 0.717) is 0 Å². The third kappa shape index (κ3) is 2.56. The second kappa shape index (κ2) is 4.42. The van der Waals surface area contributed by atoms with E-state index in [-0.39, 0.29) is 0 Å². The Kier molecular flexibility index (Phi) is 2.98. The minimum absolute atomic E-state index is 0.860. The Labute approximate surface area is 79.0 Å². The molecular weight excluding hydrogens is 162 g/mol. The molecule has 0 radical (unpaired) electrons. The van der Waals surface area contributed by atoms with Gasteiger partial charge in [0.15, 0.2) is 0 Å². The number of aromatic amines is 1. The second-order valence-corrected chi connectivity index (χ2v) is 3.79. The van der Waals surface area contributed by atoms with Gasteiger partial charge in [-0.1, -0.05) is 0 Å². The van der Waals surface area contributed by atoms with Crippen LogP contribution in [-0.4, -0.2) is 23.1 Å². The molecule has 2 rings (SSSR count). The first kappa shape index (κ1) is 8.75. The van der Waals surface area contributed by atoms with Gasteiger partial charge >= 0.3 is 0 Å². The van der Waals surface area contributed by atoms with Crippen molar-refractivity contribution >= 4 is 0 Å². The molecule has 72 valence electrons. The van der Waals surface area contributed by atoms with E-state index in [1.165, 1.54) is 32.4 Å². The van der Waals surface area contributed by atoms with Crippen molar-refractivity contribution in [3.8, 4) is 0 Å². The molecule has 0 aromatic carbocycles. The van der Waals surface area contributed by atoms with Gasteiger partial charge in [0.25, 0.3) is 0 Å². The molecule has 1 aromatic heterocycles. The van der Waals surface area contributed by atoms with Crippen LogP contribution in [0.4, 0.5) is 0 Å². The first-order chi connectivity index (χ1) is 6.45. The molecule has 1 fully saturated rings. The van der Waals surface area contributed by atoms with Crippen molar-refractivity contribution in [2.45, 2.75) is 25.7 Å². The smallest absolute Gasteiger partial charge is 0.106 e. The van der Waals surface area contributed by atoms with Crippen LogP contribution >= 0.6 is 0 Å². The Balaban J connectivity index is 1.72. The quantitative estimate of drug-likeness (QED) is 0.735. The molecular formula is C10H17N3. The molecule has 0 saturated carbocycles. The Morgan fingerprint density at radius 3 is 3.23 bits per heavy atom. The number of piperidine rings is 1. The molecule has 1 aromatic rings. The minimum Gasteiger partial charge on any atom is -0.349 e. The summed E-state index contributed by atoms with van der Waals surface area (Å²) in [6, 6.07) is 0. The van der Waals surface area contributed by atoms with Crippen LogP contribution in [-0.2, 0) is 6.42 Å². The minimum atomic E-state index is 0.860. The molecule has 3 nitrogen and oxygen atoms in total. The zero-order valence-corrected chi connectivity index (χ0v) is 7.92. The van der Waals surface area contributed by atoms with E-state index < -0.39 is 0 Å². The molecule has 2 heterocycles. The fourth-order valence-corrected chi connectivity index (χ4v) is 1.95. The van der Waals surface area contributed by atoms with Gasteiger partial charge in [0, 0.05) is 18.8 Å². The third-order valence-corrected chi connectivity index (χ3v) is 2.74. The number of nitrogens with one attached hydrogen (secondary N) is 2. The highest BCUT2D eigenvalue weighted by Gasteiger charge is 2.12. The number of aryl methyl sites for hydroxylation is 1. The summed E-state index contributed by atoms with van der Waals surface area (Å²) in [5.41, 5.74) is 0. The molecule has 2 N–H and O–H groups in total. The molecule has 1 saturated heterocycles. The fraction of sp³-hybridized carbons (Fsp3) is 0.700. The van der Waals surface area contributed by atoms with Crippen LogP contribution in [0.3, 0.4) is 0 Å². The number of imidazole rings is 1. The Morgan fingerprint density at radius 1 is 1.54 bits per heavy atom. The van der Waals surface area contributed by atoms with Crippen molar-refractivity contribution in [3.05, 3.63) is 18.2 Å². The van der Waals surface area contributed by atoms with E-state index >= 15 is 0 Å². The van der Waals surface area contributed by atoms with E-state index in [9.17, 15) is 0 Å². The maximum absolute atomic E-state index is 4.22. The predicted octanol–water partition coefficient (Wildman–Crippen LogP) is 1.34. The van der Waals surface area contributed by atoms with E-state index in [1.807, 2.05) is 12.4 Å². The topological polar surface area (TPSA) is 40.7 Å². The molecule has 0 amide bonds. The fourth-order valence-electron chi connectivity index (χ4n) is 1.95. The SMILES string of the molecule is c1c[nH]c(CCC2CCCNC2)n1. The molecule has 3 heteroatoms. The first-order valence-corrected chi connectivity index (χ1v) is 5.14. The van der Waals surface area contributed by atoms with Gasteiger partial charge in [-0.3, -0.25) is 0 Å². The highest BCUT2D eigenvalue weighted by molar-refractivity contribution is 4.87. The molecule has 1 atom stereocenters. The van der Waals surface area contributed by atoms with Gasteiger partial charge in [-0.15, -0.1) is 0 Å². The number of hydrogen-bond donors (Lipinski definition) is 2. The van der Waals surface area contributed by atoms with Crippen LogP contribution in [0.2, 0.25) is 0 Å². The summed E-state index contributed by atoms with van der Waals surface area (Å²) in [7, 11) is 0. The van der Waals surface area contributed by atoms with Crippen molar-refractivity contribution in [2.75, 3.05) is 13.1 Å². The number of aromatic nitrogens is 2. The average molecular weight is 179 g/mol. The van der Waals surface area contributed by atoms with E-state index in [4.69, 9.17) is 0 Å². The lowest BCUT2D eigenvalue weighted by atomic mass is 9.95. The van der Waals surface area contributed by atoms with Gasteiger partial charge in [0.1, 0.15) is 5.82 Å². The molecule has 0 aliphatic carbocycles. The summed E-state index contributed by atoms with van der Waals surface area (Å²) in [6.07, 6.45) is 8.80. The maximum Gasteiger partial charge on any atom is 0.106 e. The standard InChI is InChI=1S/C10H17N3/c1-2-9(8-11-5-1)3-4-10-12-6-7-13-10/h6-7,9,11H,1-5,8H2,(H,12,13). The monoisotopic (exact) mass is 179 g/mol. The summed E-state index contributed by atoms with van der Waals surface area (Å²) in [6.45, 7) is 2.40. The molecule has 1 unspecified atom stereocenters. The second-order valence-electron chi connectivity index (χ2n) is 3.79. The van der Waals surface area contributed by atoms with Crippen molar-refractivity contribution in [1.82, 2.24) is 15.3 Å². The maximum atomic E-state index is 4.22. The van der Waals surface area contributed by atoms with Gasteiger partial charge in [-0.25, -0.2) is 4.98 Å². The van der Waals surface area contributed by atoms with E-state index in [2.05, 4.69) is 15.3 Å². The van der Waals surface area contributed by atoms with Crippen molar-refractivity contribution in [1.29, 1.82) is 0 Å². The van der Waals surface area contributed by atoms with Crippen LogP contribution in [0.25, 0.3) is 0 Å². The highest BCUT2D eigenvalue weighted by atomic mass is 14.9. The molecule has 1 aliphatic rings. The highest BCUT2D eigenvalue weighted by Crippen LogP contribution is 2.15. The van der Waals surface area contributed by atoms with Crippen LogP contribution in [0, 0.1) is 5.92 Å². The largest absolute Gasteiger partial charge is 0.349 e. The van der Waals surface area contributed by atoms with Crippen LogP contribution in [0.5, 0.6) is 0 Å². The van der Waals surface area contributed by atoms with Crippen LogP contribution < -0.4 is 5.32 Å². The molecule has 0 spiro atoms. The van der Waals surface area contributed by atoms with E-state index in [1.54, 1.807) is 0 Å². The summed E-state index contributed by atoms with van der Waals surface area (Å²) >= 11 is 0. The molecule has 13 heavy (non-hydrogen) atoms. The Hall–Kier alpha value is -0.830. The van der Waals surface area contributed by atoms with Crippen molar-refractivity contribution < 1.29 is 0 Å². The third-order valence-electron chi connectivity index (χ3n) is 2.74. The van der Waals surface area contributed by atoms with Gasteiger partial charge in [0.05, 0.1) is 0 Å². The summed E-state index contributed by atoms with van der Waals surface area (Å²) in [4.78, 5) is 7.37. The Morgan fingerprint density at radius 2 is 2.54 bits per heavy atom. The normalized spacial score (nSPS) is 23.2. The van der Waals surface area contributed by atoms with Gasteiger partial charge in [0.2, 0.25) is 0 Å². The van der Waals surface area contributed by atoms with Crippen molar-refractivity contribution in [2.24, 2.45) is 5.92 Å². The van der Waals surface area contributed by atoms with Crippen LogP contribution in [0.15, 0.2) is 12.4 Å². The average Bonchev–Trinajstić information content (AvgIpc) is 2.69. The Bertz CT molecular complexity index is 224. The lowest BCUT2D eigenvalue weighted by molar-refractivity contribution is 0.356. The molecule has 0 bridgehead atoms. The lowest BCUT2D eigenvalue weighted by Gasteiger charge is -2.22. The van der Waals surface area contributed by atoms with Gasteiger partial charge in [-0.2, -0.15) is 0 Å². The van der Waals surface area contributed by atoms with Crippen molar-refractivity contribution in [3.63, 3.8) is 0 Å². The van der Waals surface area contributed by atoms with Crippen LogP contribution in [0.1, 0.15) is 25.1 Å². The first-order valence-electron chi connectivity index (χ1n) is 5.14. The summed E-state index contributed by atoms with van der Waals surface area (Å²) in [5, 5.41) is 3.43. The molecule has 1 aliphatic heterocycles. The number of hydrogen-bond acceptors (Lipinski definition) is 2. The lowest BCUT2D eigenvalue weighted by Crippen LogP contribution is -2.29. The summed E-state index contributed by atoms with van der Waals surface area (Å²) < 4.78 is 0. The zero-order valence-electron chi connectivity index (χ0n) is 7.92. The number of H-pyrrole nitrogens is 1. The summed E-state index contributed by atoms with van der Waals surface area (Å²) in [5.74, 6) is 1.99. The van der Waals surface area contributed by atoms with Gasteiger partial charge < -0.3 is 10.3 Å². The van der Waals surface area contributed by atoms with E-state index in [0.717, 1.165) is 18.2 Å². The number of nitrogens with zero attached hydrogens (tertiary/aromatic N) is 1. The number of rotatable bonds is 3.